The van der Waals surface area contributed by atoms with Gasteiger partial charge in [-0.15, -0.1) is 0 Å². The molecule has 0 spiro atoms. The number of amides is 1. The Balaban J connectivity index is 3.81. The smallest absolute Gasteiger partial charge is 0.219 e. The normalized spacial score (nSPS) is 14.2. The van der Waals surface area contributed by atoms with Gasteiger partial charge in [0.2, 0.25) is 5.91 Å². The van der Waals surface area contributed by atoms with Crippen molar-refractivity contribution in [3.63, 3.8) is 0 Å². The first kappa shape index (κ1) is 12.3. The second-order valence-electron chi connectivity index (χ2n) is 3.74. The molecule has 0 aliphatic heterocycles. The van der Waals surface area contributed by atoms with Gasteiger partial charge >= 0.3 is 0 Å². The Bertz CT molecular complexity index is 171. The third-order valence-electron chi connectivity index (χ3n) is 1.64. The summed E-state index contributed by atoms with van der Waals surface area (Å²) in [5.74, 6) is -0.393. The Morgan fingerprint density at radius 3 is 2.54 bits per heavy atom. The number of nitrogens with one attached hydrogen (secondary N) is 1. The Morgan fingerprint density at radius 1 is 1.62 bits per heavy atom. The molecular weight excluding hydrogens is 172 g/mol. The number of carbonyl (C=O) groups excluding carboxylic acids is 1. The molecule has 0 aromatic heterocycles. The van der Waals surface area contributed by atoms with Gasteiger partial charge in [0.05, 0.1) is 12.7 Å². The van der Waals surface area contributed by atoms with Crippen LogP contribution >= 0.6 is 0 Å². The maximum absolute atomic E-state index is 10.6. The molecule has 0 fully saturated rings. The average molecular weight is 190 g/mol. The van der Waals surface area contributed by atoms with Crippen molar-refractivity contribution in [2.24, 2.45) is 5.73 Å². The van der Waals surface area contributed by atoms with Gasteiger partial charge in [-0.1, -0.05) is 0 Å². The summed E-state index contributed by atoms with van der Waals surface area (Å²) in [5, 5.41) is 20.5. The Morgan fingerprint density at radius 2 is 2.15 bits per heavy atom. The summed E-state index contributed by atoms with van der Waals surface area (Å²) >= 11 is 0. The summed E-state index contributed by atoms with van der Waals surface area (Å²) in [6, 6.07) is 0. The van der Waals surface area contributed by atoms with E-state index in [2.05, 4.69) is 5.32 Å². The molecule has 78 valence electrons. The molecule has 1 amide bonds. The fourth-order valence-electron chi connectivity index (χ4n) is 0.957. The van der Waals surface area contributed by atoms with Crippen molar-refractivity contribution in [1.29, 1.82) is 0 Å². The molecule has 0 bridgehead atoms. The molecule has 0 aromatic carbocycles. The molecule has 5 heteroatoms. The molecule has 0 radical (unpaired) electrons. The van der Waals surface area contributed by atoms with E-state index in [1.807, 2.05) is 13.8 Å². The topological polar surface area (TPSA) is 95.6 Å². The first-order valence-corrected chi connectivity index (χ1v) is 4.19. The number of rotatable bonds is 6. The molecule has 0 aliphatic carbocycles. The molecule has 13 heavy (non-hydrogen) atoms. The van der Waals surface area contributed by atoms with Crippen molar-refractivity contribution < 1.29 is 15.0 Å². The quantitative estimate of drug-likeness (QED) is 0.413. The number of carbonyl (C=O) groups is 1. The number of hydrogen-bond acceptors (Lipinski definition) is 4. The maximum Gasteiger partial charge on any atom is 0.219 e. The van der Waals surface area contributed by atoms with E-state index >= 15 is 0 Å². The SMILES string of the molecule is CC(C)(CC(N)=O)NC[C@H](O)CO. The van der Waals surface area contributed by atoms with Crippen molar-refractivity contribution in [2.45, 2.75) is 31.9 Å². The van der Waals surface area contributed by atoms with Gasteiger partial charge in [-0.25, -0.2) is 0 Å². The van der Waals surface area contributed by atoms with Crippen LogP contribution in [0.15, 0.2) is 0 Å². The van der Waals surface area contributed by atoms with Crippen LogP contribution in [0.3, 0.4) is 0 Å². The summed E-state index contributed by atoms with van der Waals surface area (Å²) in [4.78, 5) is 10.6. The van der Waals surface area contributed by atoms with Crippen LogP contribution in [0.4, 0.5) is 0 Å². The van der Waals surface area contributed by atoms with Crippen molar-refractivity contribution in [3.05, 3.63) is 0 Å². The fraction of sp³-hybridized carbons (Fsp3) is 0.875. The van der Waals surface area contributed by atoms with E-state index in [4.69, 9.17) is 15.9 Å². The average Bonchev–Trinajstić information content (AvgIpc) is 1.98. The standard InChI is InChI=1S/C8H18N2O3/c1-8(2,3-7(9)13)10-4-6(12)5-11/h6,10-12H,3-5H2,1-2H3,(H2,9,13)/t6-/m0/s1. The zero-order valence-electron chi connectivity index (χ0n) is 8.08. The molecule has 0 heterocycles. The van der Waals surface area contributed by atoms with E-state index in [0.29, 0.717) is 0 Å². The molecular formula is C8H18N2O3. The fourth-order valence-corrected chi connectivity index (χ4v) is 0.957. The predicted molar refractivity (Wildman–Crippen MR) is 49.0 cm³/mol. The van der Waals surface area contributed by atoms with Crippen LogP contribution < -0.4 is 11.1 Å². The van der Waals surface area contributed by atoms with Gasteiger partial charge in [-0.05, 0) is 13.8 Å². The third kappa shape index (κ3) is 6.51. The van der Waals surface area contributed by atoms with E-state index in [1.54, 1.807) is 0 Å². The highest BCUT2D eigenvalue weighted by atomic mass is 16.3. The highest BCUT2D eigenvalue weighted by Crippen LogP contribution is 2.06. The second kappa shape index (κ2) is 5.16. The molecule has 0 aliphatic rings. The summed E-state index contributed by atoms with van der Waals surface area (Å²) in [6.45, 7) is 3.57. The van der Waals surface area contributed by atoms with E-state index in [1.165, 1.54) is 0 Å². The first-order valence-electron chi connectivity index (χ1n) is 4.19. The number of β-amino-alcohol motifs (C(OH)–C–C–N with tert-alkyl or cyclic N) is 1. The van der Waals surface area contributed by atoms with Crippen LogP contribution in [0.5, 0.6) is 0 Å². The lowest BCUT2D eigenvalue weighted by molar-refractivity contribution is -0.119. The van der Waals surface area contributed by atoms with Crippen LogP contribution in [-0.4, -0.2) is 40.9 Å². The van der Waals surface area contributed by atoms with Crippen LogP contribution in [0, 0.1) is 0 Å². The molecule has 0 saturated carbocycles. The lowest BCUT2D eigenvalue weighted by Crippen LogP contribution is -2.46. The molecule has 0 aromatic rings. The third-order valence-corrected chi connectivity index (χ3v) is 1.64. The molecule has 0 unspecified atom stereocenters. The van der Waals surface area contributed by atoms with Gasteiger partial charge in [0.1, 0.15) is 0 Å². The minimum absolute atomic E-state index is 0.200. The molecule has 0 saturated heterocycles. The van der Waals surface area contributed by atoms with Crippen LogP contribution in [0.25, 0.3) is 0 Å². The summed E-state index contributed by atoms with van der Waals surface area (Å²) < 4.78 is 0. The zero-order valence-corrected chi connectivity index (χ0v) is 8.08. The monoisotopic (exact) mass is 190 g/mol. The van der Waals surface area contributed by atoms with Gasteiger partial charge in [0.15, 0.2) is 0 Å². The minimum atomic E-state index is -0.799. The zero-order chi connectivity index (χ0) is 10.5. The highest BCUT2D eigenvalue weighted by molar-refractivity contribution is 5.74. The Kier molecular flexibility index (Phi) is 4.90. The number of primary amides is 1. The molecule has 5 N–H and O–H groups in total. The van der Waals surface area contributed by atoms with Gasteiger partial charge in [0, 0.05) is 18.5 Å². The molecule has 1 atom stereocenters. The minimum Gasteiger partial charge on any atom is -0.394 e. The lowest BCUT2D eigenvalue weighted by atomic mass is 10.0. The summed E-state index contributed by atoms with van der Waals surface area (Å²) in [7, 11) is 0. The van der Waals surface area contributed by atoms with E-state index in [0.717, 1.165) is 0 Å². The lowest BCUT2D eigenvalue weighted by Gasteiger charge is -2.25. The van der Waals surface area contributed by atoms with E-state index < -0.39 is 17.6 Å². The number of hydrogen-bond donors (Lipinski definition) is 4. The van der Waals surface area contributed by atoms with E-state index in [-0.39, 0.29) is 19.6 Å². The highest BCUT2D eigenvalue weighted by Gasteiger charge is 2.20. The van der Waals surface area contributed by atoms with Crippen molar-refractivity contribution in [2.75, 3.05) is 13.2 Å². The van der Waals surface area contributed by atoms with Gasteiger partial charge in [-0.3, -0.25) is 4.79 Å². The number of aliphatic hydroxyl groups is 2. The Hall–Kier alpha value is -0.650. The Labute approximate surface area is 77.9 Å². The van der Waals surface area contributed by atoms with Gasteiger partial charge in [0.25, 0.3) is 0 Å². The number of aliphatic hydroxyl groups excluding tert-OH is 2. The largest absolute Gasteiger partial charge is 0.394 e. The number of nitrogens with two attached hydrogens (primary N) is 1. The van der Waals surface area contributed by atoms with Crippen LogP contribution in [0.1, 0.15) is 20.3 Å². The summed E-state index contributed by atoms with van der Waals surface area (Å²) in [6.07, 6.45) is -0.599. The van der Waals surface area contributed by atoms with Crippen LogP contribution in [-0.2, 0) is 4.79 Å². The van der Waals surface area contributed by atoms with E-state index in [9.17, 15) is 4.79 Å². The second-order valence-corrected chi connectivity index (χ2v) is 3.74. The molecule has 0 rings (SSSR count). The van der Waals surface area contributed by atoms with Crippen molar-refractivity contribution >= 4 is 5.91 Å². The van der Waals surface area contributed by atoms with Gasteiger partial charge < -0.3 is 21.3 Å². The van der Waals surface area contributed by atoms with Crippen molar-refractivity contribution in [1.82, 2.24) is 5.32 Å². The van der Waals surface area contributed by atoms with Crippen LogP contribution in [0.2, 0.25) is 0 Å². The predicted octanol–water partition coefficient (Wildman–Crippen LogP) is -1.42. The molecule has 5 nitrogen and oxygen atoms in total. The summed E-state index contributed by atoms with van der Waals surface area (Å²) in [5.41, 5.74) is 4.58. The maximum atomic E-state index is 10.6. The first-order chi connectivity index (χ1) is 5.87. The van der Waals surface area contributed by atoms with Gasteiger partial charge in [-0.2, -0.15) is 0 Å². The van der Waals surface area contributed by atoms with Crippen molar-refractivity contribution in [3.8, 4) is 0 Å².